The number of hydrogen-bond donors (Lipinski definition) is 2. The molecule has 2 fully saturated rings. The van der Waals surface area contributed by atoms with Gasteiger partial charge in [-0.2, -0.15) is 5.26 Å². The number of anilines is 2. The van der Waals surface area contributed by atoms with E-state index in [0.29, 0.717) is 29.2 Å². The highest BCUT2D eigenvalue weighted by atomic mass is 35.5. The number of benzene rings is 1. The lowest BCUT2D eigenvalue weighted by atomic mass is 9.89. The number of rotatable bonds is 7. The molecule has 0 unspecified atom stereocenters. The molecule has 1 aliphatic heterocycles. The number of H-pyrrole nitrogens is 1. The Hall–Kier alpha value is -3.11. The first-order valence-electron chi connectivity index (χ1n) is 11.4. The largest absolute Gasteiger partial charge is 0.375 e. The number of fused-ring (bicyclic) bond motifs is 1. The number of hydrogen-bond acceptors (Lipinski definition) is 5. The summed E-state index contributed by atoms with van der Waals surface area (Å²) >= 11 is 6.00. The van der Waals surface area contributed by atoms with Crippen LogP contribution in [0.1, 0.15) is 37.7 Å². The monoisotopic (exact) mass is 465 g/mol. The highest BCUT2D eigenvalue weighted by Crippen LogP contribution is 2.37. The molecule has 2 aromatic heterocycles. The van der Waals surface area contributed by atoms with Gasteiger partial charge in [-0.25, -0.2) is 9.37 Å². The minimum Gasteiger partial charge on any atom is -0.375 e. The van der Waals surface area contributed by atoms with Gasteiger partial charge in [0.2, 0.25) is 0 Å². The third-order valence-electron chi connectivity index (χ3n) is 6.63. The molecule has 2 atom stereocenters. The van der Waals surface area contributed by atoms with Crippen molar-refractivity contribution in [2.75, 3.05) is 23.3 Å². The average molecular weight is 466 g/mol. The number of nitriles is 1. The van der Waals surface area contributed by atoms with E-state index >= 15 is 0 Å². The highest BCUT2D eigenvalue weighted by molar-refractivity contribution is 6.30. The maximum Gasteiger partial charge on any atom is 0.155 e. The van der Waals surface area contributed by atoms with Crippen molar-refractivity contribution in [1.29, 1.82) is 5.26 Å². The number of Topliss-reactive ketones (excluding diaryl/α,β-unsaturated/α-hetero) is 1. The molecule has 8 heteroatoms. The minimum atomic E-state index is -0.420. The van der Waals surface area contributed by atoms with Crippen LogP contribution in [-0.4, -0.2) is 34.9 Å². The molecule has 0 radical (unpaired) electrons. The van der Waals surface area contributed by atoms with Crippen LogP contribution in [-0.2, 0) is 4.79 Å². The van der Waals surface area contributed by atoms with E-state index in [-0.39, 0.29) is 23.7 Å². The molecule has 3 heterocycles. The smallest absolute Gasteiger partial charge is 0.155 e. The van der Waals surface area contributed by atoms with Gasteiger partial charge in [-0.05, 0) is 61.8 Å². The molecule has 170 valence electrons. The van der Waals surface area contributed by atoms with Crippen molar-refractivity contribution >= 4 is 39.8 Å². The number of nitrogens with zero attached hydrogens (tertiary/aromatic N) is 3. The van der Waals surface area contributed by atoms with Crippen LogP contribution in [0, 0.1) is 29.0 Å². The first-order valence-corrected chi connectivity index (χ1v) is 11.8. The summed E-state index contributed by atoms with van der Waals surface area (Å²) in [6.07, 6.45) is 7.82. The summed E-state index contributed by atoms with van der Waals surface area (Å²) in [6, 6.07) is 8.19. The van der Waals surface area contributed by atoms with Gasteiger partial charge >= 0.3 is 0 Å². The SMILES string of the molecule is N#Cc1cnc2[nH]ccc2c1N1CCC[C@@H](CC(=O)[C@H](Nc2cc(F)cc(Cl)c2)C2CC2)C1. The summed E-state index contributed by atoms with van der Waals surface area (Å²) in [5, 5.41) is 14.1. The first kappa shape index (κ1) is 21.7. The molecule has 2 N–H and O–H groups in total. The van der Waals surface area contributed by atoms with E-state index in [2.05, 4.69) is 26.3 Å². The van der Waals surface area contributed by atoms with E-state index in [1.807, 2.05) is 12.3 Å². The molecule has 1 aliphatic carbocycles. The van der Waals surface area contributed by atoms with Gasteiger partial charge in [-0.1, -0.05) is 11.6 Å². The Morgan fingerprint density at radius 2 is 2.21 bits per heavy atom. The number of nitrogens with one attached hydrogen (secondary N) is 2. The van der Waals surface area contributed by atoms with Gasteiger partial charge in [-0.3, -0.25) is 4.79 Å². The molecule has 33 heavy (non-hydrogen) atoms. The predicted molar refractivity (Wildman–Crippen MR) is 127 cm³/mol. The van der Waals surface area contributed by atoms with E-state index in [0.717, 1.165) is 48.9 Å². The molecule has 1 saturated carbocycles. The second-order valence-electron chi connectivity index (χ2n) is 9.11. The lowest BCUT2D eigenvalue weighted by molar-refractivity contribution is -0.121. The van der Waals surface area contributed by atoms with Crippen molar-refractivity contribution in [2.45, 2.75) is 38.1 Å². The number of ketones is 1. The second-order valence-corrected chi connectivity index (χ2v) is 9.55. The summed E-state index contributed by atoms with van der Waals surface area (Å²) < 4.78 is 13.8. The van der Waals surface area contributed by atoms with Crippen LogP contribution in [0.5, 0.6) is 0 Å². The zero-order valence-corrected chi connectivity index (χ0v) is 18.9. The molecule has 0 bridgehead atoms. The summed E-state index contributed by atoms with van der Waals surface area (Å²) in [7, 11) is 0. The normalized spacial score (nSPS) is 19.3. The zero-order chi connectivity index (χ0) is 22.9. The lowest BCUT2D eigenvalue weighted by Gasteiger charge is -2.35. The van der Waals surface area contributed by atoms with Gasteiger partial charge in [0, 0.05) is 48.0 Å². The fourth-order valence-corrected chi connectivity index (χ4v) is 5.19. The number of piperidine rings is 1. The fraction of sp³-hybridized carbons (Fsp3) is 0.400. The fourth-order valence-electron chi connectivity index (χ4n) is 4.97. The van der Waals surface area contributed by atoms with Gasteiger partial charge in [0.05, 0.1) is 17.3 Å². The Kier molecular flexibility index (Phi) is 5.94. The minimum absolute atomic E-state index is 0.159. The Balaban J connectivity index is 1.32. The van der Waals surface area contributed by atoms with Crippen molar-refractivity contribution in [2.24, 2.45) is 11.8 Å². The zero-order valence-electron chi connectivity index (χ0n) is 18.2. The van der Waals surface area contributed by atoms with E-state index in [9.17, 15) is 14.4 Å². The van der Waals surface area contributed by atoms with Gasteiger partial charge in [0.1, 0.15) is 17.5 Å². The summed E-state index contributed by atoms with van der Waals surface area (Å²) in [6.45, 7) is 1.56. The van der Waals surface area contributed by atoms with Gasteiger partial charge in [0.15, 0.2) is 5.78 Å². The van der Waals surface area contributed by atoms with Crippen LogP contribution in [0.3, 0.4) is 0 Å². The molecule has 5 rings (SSSR count). The third kappa shape index (κ3) is 4.67. The number of pyridine rings is 1. The molecule has 1 aromatic carbocycles. The molecule has 0 spiro atoms. The molecular weight excluding hydrogens is 441 g/mol. The van der Waals surface area contributed by atoms with Crippen LogP contribution >= 0.6 is 11.6 Å². The maximum atomic E-state index is 13.8. The standard InChI is InChI=1S/C25H25ClFN5O/c26-18-9-19(27)11-20(10-18)31-23(16-3-4-16)22(33)8-15-2-1-7-32(14-15)24-17(12-28)13-30-25-21(24)5-6-29-25/h5-6,9-11,13,15-16,23,31H,1-4,7-8,14H2,(H,29,30)/t15-,23+/m0/s1. The number of halogens is 2. The predicted octanol–water partition coefficient (Wildman–Crippen LogP) is 5.29. The summed E-state index contributed by atoms with van der Waals surface area (Å²) in [5.41, 5.74) is 2.75. The molecular formula is C25H25ClFN5O. The van der Waals surface area contributed by atoms with Crippen molar-refractivity contribution in [3.05, 3.63) is 53.1 Å². The van der Waals surface area contributed by atoms with E-state index in [1.165, 1.54) is 12.1 Å². The van der Waals surface area contributed by atoms with Crippen LogP contribution in [0.2, 0.25) is 5.02 Å². The van der Waals surface area contributed by atoms with Crippen LogP contribution in [0.25, 0.3) is 11.0 Å². The topological polar surface area (TPSA) is 84.8 Å². The lowest BCUT2D eigenvalue weighted by Crippen LogP contribution is -2.39. The van der Waals surface area contributed by atoms with Crippen molar-refractivity contribution < 1.29 is 9.18 Å². The quantitative estimate of drug-likeness (QED) is 0.495. The summed E-state index contributed by atoms with van der Waals surface area (Å²) in [5.74, 6) is 0.214. The summed E-state index contributed by atoms with van der Waals surface area (Å²) in [4.78, 5) is 23.0. The van der Waals surface area contributed by atoms with Crippen LogP contribution in [0.15, 0.2) is 36.7 Å². The van der Waals surface area contributed by atoms with Crippen molar-refractivity contribution in [1.82, 2.24) is 9.97 Å². The first-order chi connectivity index (χ1) is 16.0. The Labute approximate surface area is 196 Å². The highest BCUT2D eigenvalue weighted by Gasteiger charge is 2.37. The molecule has 1 saturated heterocycles. The average Bonchev–Trinajstić information content (AvgIpc) is 3.52. The van der Waals surface area contributed by atoms with Crippen molar-refractivity contribution in [3.63, 3.8) is 0 Å². The third-order valence-corrected chi connectivity index (χ3v) is 6.85. The van der Waals surface area contributed by atoms with Crippen LogP contribution < -0.4 is 10.2 Å². The Morgan fingerprint density at radius 1 is 1.36 bits per heavy atom. The molecule has 0 amide bonds. The Morgan fingerprint density at radius 3 is 2.97 bits per heavy atom. The van der Waals surface area contributed by atoms with Gasteiger partial charge in [-0.15, -0.1) is 0 Å². The molecule has 2 aliphatic rings. The van der Waals surface area contributed by atoms with Crippen LogP contribution in [0.4, 0.5) is 15.8 Å². The number of carbonyl (C=O) groups is 1. The molecule has 3 aromatic rings. The second kappa shape index (κ2) is 9.03. The van der Waals surface area contributed by atoms with Crippen molar-refractivity contribution in [3.8, 4) is 6.07 Å². The number of aromatic nitrogens is 2. The Bertz CT molecular complexity index is 1210. The van der Waals surface area contributed by atoms with Gasteiger partial charge < -0.3 is 15.2 Å². The number of carbonyl (C=O) groups excluding carboxylic acids is 1. The van der Waals surface area contributed by atoms with E-state index < -0.39 is 5.82 Å². The van der Waals surface area contributed by atoms with E-state index in [1.54, 1.807) is 12.3 Å². The van der Waals surface area contributed by atoms with E-state index in [4.69, 9.17) is 11.6 Å². The number of aromatic amines is 1. The van der Waals surface area contributed by atoms with Gasteiger partial charge in [0.25, 0.3) is 0 Å². The molecule has 6 nitrogen and oxygen atoms in total. The maximum absolute atomic E-state index is 13.8.